The summed E-state index contributed by atoms with van der Waals surface area (Å²) in [4.78, 5) is 31.7. The van der Waals surface area contributed by atoms with Crippen LogP contribution in [0.3, 0.4) is 0 Å². The summed E-state index contributed by atoms with van der Waals surface area (Å²) < 4.78 is 7.32. The van der Waals surface area contributed by atoms with Crippen molar-refractivity contribution in [2.45, 2.75) is 38.5 Å². The SMILES string of the molecule is Cc1ccccc1N(C(=O)Cn1nnc2ccccc21)[C@H](C(=O)NC[C@@H]1CCCO1)c1ccc(N(C)C)cc1. The molecule has 1 fully saturated rings. The second-order valence-corrected chi connectivity index (χ2v) is 10.1. The molecule has 202 valence electrons. The monoisotopic (exact) mass is 526 g/mol. The number of carbonyl (C=O) groups is 2. The average molecular weight is 527 g/mol. The van der Waals surface area contributed by atoms with Crippen molar-refractivity contribution >= 4 is 34.2 Å². The number of hydrogen-bond donors (Lipinski definition) is 1. The molecular weight excluding hydrogens is 492 g/mol. The van der Waals surface area contributed by atoms with Gasteiger partial charge in [0.1, 0.15) is 18.1 Å². The summed E-state index contributed by atoms with van der Waals surface area (Å²) in [7, 11) is 3.93. The van der Waals surface area contributed by atoms with Gasteiger partial charge in [-0.25, -0.2) is 4.68 Å². The molecular formula is C30H34N6O3. The summed E-state index contributed by atoms with van der Waals surface area (Å²) in [6.07, 6.45) is 1.87. The van der Waals surface area contributed by atoms with Crippen molar-refractivity contribution in [1.82, 2.24) is 20.3 Å². The summed E-state index contributed by atoms with van der Waals surface area (Å²) >= 11 is 0. The van der Waals surface area contributed by atoms with E-state index in [2.05, 4.69) is 15.6 Å². The molecule has 39 heavy (non-hydrogen) atoms. The molecule has 0 bridgehead atoms. The smallest absolute Gasteiger partial charge is 0.249 e. The van der Waals surface area contributed by atoms with Gasteiger partial charge in [-0.3, -0.25) is 14.5 Å². The Kier molecular flexibility index (Phi) is 7.88. The molecule has 0 spiro atoms. The Morgan fingerprint density at radius 3 is 2.51 bits per heavy atom. The van der Waals surface area contributed by atoms with Crippen LogP contribution in [0.25, 0.3) is 11.0 Å². The number of aromatic nitrogens is 3. The van der Waals surface area contributed by atoms with Crippen LogP contribution >= 0.6 is 0 Å². The lowest BCUT2D eigenvalue weighted by molar-refractivity contribution is -0.127. The topological polar surface area (TPSA) is 92.6 Å². The number of anilines is 2. The highest BCUT2D eigenvalue weighted by Crippen LogP contribution is 2.32. The van der Waals surface area contributed by atoms with E-state index >= 15 is 0 Å². The molecule has 2 heterocycles. The van der Waals surface area contributed by atoms with Crippen LogP contribution < -0.4 is 15.1 Å². The summed E-state index contributed by atoms with van der Waals surface area (Å²) in [5, 5.41) is 11.5. The minimum atomic E-state index is -0.897. The molecule has 9 heteroatoms. The largest absolute Gasteiger partial charge is 0.378 e. The zero-order valence-electron chi connectivity index (χ0n) is 22.6. The number of benzene rings is 3. The lowest BCUT2D eigenvalue weighted by Crippen LogP contribution is -2.47. The van der Waals surface area contributed by atoms with Crippen LogP contribution in [-0.2, 0) is 20.9 Å². The Morgan fingerprint density at radius 1 is 1.05 bits per heavy atom. The fourth-order valence-corrected chi connectivity index (χ4v) is 4.98. The zero-order chi connectivity index (χ0) is 27.4. The normalized spacial score (nSPS) is 15.7. The molecule has 2 atom stereocenters. The number of fused-ring (bicyclic) bond motifs is 1. The third-order valence-corrected chi connectivity index (χ3v) is 7.11. The number of amides is 2. The predicted octanol–water partition coefficient (Wildman–Crippen LogP) is 3.88. The first-order valence-corrected chi connectivity index (χ1v) is 13.2. The number of nitrogens with one attached hydrogen (secondary N) is 1. The van der Waals surface area contributed by atoms with E-state index in [9.17, 15) is 9.59 Å². The molecule has 4 aromatic rings. The Balaban J connectivity index is 1.55. The molecule has 2 amide bonds. The number of nitrogens with zero attached hydrogens (tertiary/aromatic N) is 5. The lowest BCUT2D eigenvalue weighted by Gasteiger charge is -2.33. The summed E-state index contributed by atoms with van der Waals surface area (Å²) in [6.45, 7) is 2.97. The van der Waals surface area contributed by atoms with E-state index in [0.29, 0.717) is 29.9 Å². The van der Waals surface area contributed by atoms with E-state index in [1.807, 2.05) is 98.7 Å². The fourth-order valence-electron chi connectivity index (χ4n) is 4.98. The van der Waals surface area contributed by atoms with Gasteiger partial charge in [0, 0.05) is 38.6 Å². The molecule has 1 aliphatic rings. The standard InChI is InChI=1S/C30H34N6O3/c1-21-9-4-6-12-26(21)36(28(37)20-35-27-13-7-5-11-25(27)32-33-35)29(22-14-16-23(17-15-22)34(2)3)30(38)31-19-24-10-8-18-39-24/h4-7,9,11-17,24,29H,8,10,18-20H2,1-3H3,(H,31,38)/t24-,29-/m0/s1. The fraction of sp³-hybridized carbons (Fsp3) is 0.333. The Morgan fingerprint density at radius 2 is 1.79 bits per heavy atom. The van der Waals surface area contributed by atoms with Gasteiger partial charge in [-0.1, -0.05) is 47.7 Å². The third-order valence-electron chi connectivity index (χ3n) is 7.11. The van der Waals surface area contributed by atoms with E-state index in [1.54, 1.807) is 9.58 Å². The van der Waals surface area contributed by atoms with Gasteiger partial charge in [0.25, 0.3) is 0 Å². The molecule has 0 radical (unpaired) electrons. The highest BCUT2D eigenvalue weighted by Gasteiger charge is 2.34. The Bertz CT molecular complexity index is 1440. The highest BCUT2D eigenvalue weighted by molar-refractivity contribution is 6.02. The maximum Gasteiger partial charge on any atom is 0.249 e. The highest BCUT2D eigenvalue weighted by atomic mass is 16.5. The molecule has 0 saturated carbocycles. The summed E-state index contributed by atoms with van der Waals surface area (Å²) in [5.41, 5.74) is 4.73. The maximum atomic E-state index is 14.2. The summed E-state index contributed by atoms with van der Waals surface area (Å²) in [5.74, 6) is -0.530. The summed E-state index contributed by atoms with van der Waals surface area (Å²) in [6, 6.07) is 22.0. The first kappa shape index (κ1) is 26.4. The van der Waals surface area contributed by atoms with Crippen LogP contribution in [0.15, 0.2) is 72.8 Å². The van der Waals surface area contributed by atoms with Crippen LogP contribution in [0.4, 0.5) is 11.4 Å². The van der Waals surface area contributed by atoms with E-state index in [-0.39, 0.29) is 24.5 Å². The minimum absolute atomic E-state index is 0.0187. The van der Waals surface area contributed by atoms with E-state index in [4.69, 9.17) is 4.74 Å². The van der Waals surface area contributed by atoms with Crippen LogP contribution in [0.1, 0.15) is 30.0 Å². The van der Waals surface area contributed by atoms with E-state index < -0.39 is 6.04 Å². The van der Waals surface area contributed by atoms with Crippen molar-refractivity contribution in [2.75, 3.05) is 37.0 Å². The molecule has 0 aliphatic carbocycles. The van der Waals surface area contributed by atoms with Crippen molar-refractivity contribution in [1.29, 1.82) is 0 Å². The molecule has 3 aromatic carbocycles. The number of para-hydroxylation sites is 2. The molecule has 1 saturated heterocycles. The lowest BCUT2D eigenvalue weighted by atomic mass is 10.0. The molecule has 0 unspecified atom stereocenters. The van der Waals surface area contributed by atoms with Crippen molar-refractivity contribution in [3.05, 3.63) is 83.9 Å². The number of rotatable bonds is 9. The third kappa shape index (κ3) is 5.78. The van der Waals surface area contributed by atoms with Gasteiger partial charge in [-0.05, 0) is 61.2 Å². The molecule has 9 nitrogen and oxygen atoms in total. The van der Waals surface area contributed by atoms with Gasteiger partial charge in [-0.15, -0.1) is 5.10 Å². The van der Waals surface area contributed by atoms with Gasteiger partial charge in [0.2, 0.25) is 11.8 Å². The molecule has 5 rings (SSSR count). The second kappa shape index (κ2) is 11.7. The first-order valence-electron chi connectivity index (χ1n) is 13.2. The minimum Gasteiger partial charge on any atom is -0.378 e. The van der Waals surface area contributed by atoms with Gasteiger partial charge >= 0.3 is 0 Å². The Hall–Kier alpha value is -4.24. The van der Waals surface area contributed by atoms with Crippen LogP contribution in [0.5, 0.6) is 0 Å². The van der Waals surface area contributed by atoms with Gasteiger partial charge < -0.3 is 15.0 Å². The maximum absolute atomic E-state index is 14.2. The van der Waals surface area contributed by atoms with Crippen LogP contribution in [-0.4, -0.2) is 60.2 Å². The van der Waals surface area contributed by atoms with E-state index in [0.717, 1.165) is 29.6 Å². The molecule has 1 N–H and O–H groups in total. The number of ether oxygens (including phenoxy) is 1. The number of carbonyl (C=O) groups excluding carboxylic acids is 2. The van der Waals surface area contributed by atoms with Crippen LogP contribution in [0.2, 0.25) is 0 Å². The van der Waals surface area contributed by atoms with Gasteiger partial charge in [0.15, 0.2) is 0 Å². The van der Waals surface area contributed by atoms with Crippen molar-refractivity contribution in [3.8, 4) is 0 Å². The number of aryl methyl sites for hydroxylation is 1. The Labute approximate surface area is 228 Å². The molecule has 1 aromatic heterocycles. The van der Waals surface area contributed by atoms with Crippen molar-refractivity contribution in [3.63, 3.8) is 0 Å². The van der Waals surface area contributed by atoms with Crippen LogP contribution in [0, 0.1) is 6.92 Å². The van der Waals surface area contributed by atoms with Crippen molar-refractivity contribution < 1.29 is 14.3 Å². The van der Waals surface area contributed by atoms with Gasteiger partial charge in [-0.2, -0.15) is 0 Å². The molecule has 1 aliphatic heterocycles. The first-order chi connectivity index (χ1) is 18.9. The second-order valence-electron chi connectivity index (χ2n) is 10.1. The predicted molar refractivity (Wildman–Crippen MR) is 152 cm³/mol. The van der Waals surface area contributed by atoms with Gasteiger partial charge in [0.05, 0.1) is 11.6 Å². The average Bonchev–Trinajstić information content (AvgIpc) is 3.61. The van der Waals surface area contributed by atoms with Crippen molar-refractivity contribution in [2.24, 2.45) is 0 Å². The quantitative estimate of drug-likeness (QED) is 0.356. The number of hydrogen-bond acceptors (Lipinski definition) is 6. The van der Waals surface area contributed by atoms with E-state index in [1.165, 1.54) is 0 Å². The zero-order valence-corrected chi connectivity index (χ0v) is 22.6.